The summed E-state index contributed by atoms with van der Waals surface area (Å²) in [6.07, 6.45) is 3.94. The van der Waals surface area contributed by atoms with Crippen LogP contribution in [0.15, 0.2) is 42.5 Å². The number of amides is 1. The molecule has 200 valence electrons. The van der Waals surface area contributed by atoms with Crippen molar-refractivity contribution in [2.45, 2.75) is 51.5 Å². The first kappa shape index (κ1) is 26.8. The Hall–Kier alpha value is -3.26. The van der Waals surface area contributed by atoms with Crippen LogP contribution in [0.2, 0.25) is 0 Å². The quantitative estimate of drug-likeness (QED) is 0.443. The summed E-state index contributed by atoms with van der Waals surface area (Å²) in [7, 11) is 1.60. The fourth-order valence-corrected chi connectivity index (χ4v) is 5.41. The van der Waals surface area contributed by atoms with Gasteiger partial charge in [-0.3, -0.25) is 14.5 Å². The first-order chi connectivity index (χ1) is 18.0. The maximum Gasteiger partial charge on any atom is 0.309 e. The zero-order valence-electron chi connectivity index (χ0n) is 22.0. The summed E-state index contributed by atoms with van der Waals surface area (Å²) in [5.74, 6) is 0.113. The minimum atomic E-state index is -0.882. The number of likely N-dealkylation sites (tertiary alicyclic amines) is 1. The third-order valence-corrected chi connectivity index (χ3v) is 7.42. The molecule has 1 amide bonds. The van der Waals surface area contributed by atoms with E-state index in [9.17, 15) is 14.7 Å². The fraction of sp³-hybridized carbons (Fsp3) is 0.517. The van der Waals surface area contributed by atoms with Crippen LogP contribution in [0.3, 0.4) is 0 Å². The molecular weight excluding hydrogens is 472 g/mol. The Bertz CT molecular complexity index is 1060. The average molecular weight is 511 g/mol. The molecule has 2 aliphatic rings. The monoisotopic (exact) mass is 510 g/mol. The summed E-state index contributed by atoms with van der Waals surface area (Å²) >= 11 is 0. The molecule has 4 rings (SSSR count). The van der Waals surface area contributed by atoms with E-state index in [4.69, 9.17) is 14.2 Å². The lowest BCUT2D eigenvalue weighted by atomic mass is 9.82. The molecule has 37 heavy (non-hydrogen) atoms. The predicted octanol–water partition coefficient (Wildman–Crippen LogP) is 4.69. The highest BCUT2D eigenvalue weighted by Gasteiger charge is 2.48. The summed E-state index contributed by atoms with van der Waals surface area (Å²) in [6.45, 7) is 6.48. The molecule has 0 spiro atoms. The smallest absolute Gasteiger partial charge is 0.309 e. The van der Waals surface area contributed by atoms with E-state index < -0.39 is 17.9 Å². The van der Waals surface area contributed by atoms with Gasteiger partial charge >= 0.3 is 5.97 Å². The van der Waals surface area contributed by atoms with E-state index in [1.807, 2.05) is 52.3 Å². The standard InChI is InChI=1S/C29H38N2O6/c1-4-6-14-30(15-7-5-2)26(32)18-31-17-23(21-10-13-24-25(16-21)37-19-36-24)27(29(33)34)28(31)20-8-11-22(35-3)12-9-20/h8-13,16,23,27-28H,4-7,14-15,17-19H2,1-3H3,(H,33,34)/t23?,27-,28+/m0/s1. The van der Waals surface area contributed by atoms with Crippen LogP contribution in [0.4, 0.5) is 0 Å². The van der Waals surface area contributed by atoms with Crippen LogP contribution in [-0.2, 0) is 9.59 Å². The molecule has 0 bridgehead atoms. The molecule has 1 N–H and O–H groups in total. The van der Waals surface area contributed by atoms with E-state index in [0.717, 1.165) is 49.9 Å². The number of aliphatic carboxylic acids is 1. The van der Waals surface area contributed by atoms with Gasteiger partial charge in [0.05, 0.1) is 19.6 Å². The molecule has 8 heteroatoms. The average Bonchev–Trinajstić information content (AvgIpc) is 3.53. The highest BCUT2D eigenvalue weighted by Crippen LogP contribution is 2.47. The highest BCUT2D eigenvalue weighted by molar-refractivity contribution is 5.79. The molecular formula is C29H38N2O6. The number of methoxy groups -OCH3 is 1. The highest BCUT2D eigenvalue weighted by atomic mass is 16.7. The Labute approximate surface area is 219 Å². The van der Waals surface area contributed by atoms with Crippen molar-refractivity contribution in [3.8, 4) is 17.2 Å². The van der Waals surface area contributed by atoms with Crippen molar-refractivity contribution < 1.29 is 28.9 Å². The lowest BCUT2D eigenvalue weighted by Gasteiger charge is -2.30. The molecule has 0 aliphatic carbocycles. The van der Waals surface area contributed by atoms with Gasteiger partial charge in [0.2, 0.25) is 12.7 Å². The first-order valence-electron chi connectivity index (χ1n) is 13.2. The molecule has 0 saturated carbocycles. The number of unbranched alkanes of at least 4 members (excludes halogenated alkanes) is 2. The zero-order chi connectivity index (χ0) is 26.4. The van der Waals surface area contributed by atoms with Gasteiger partial charge in [0.25, 0.3) is 0 Å². The Morgan fingerprint density at radius 3 is 2.27 bits per heavy atom. The number of carbonyl (C=O) groups is 2. The number of rotatable bonds is 12. The summed E-state index contributed by atoms with van der Waals surface area (Å²) in [5.41, 5.74) is 1.73. The molecule has 1 fully saturated rings. The number of hydrogen-bond acceptors (Lipinski definition) is 6. The summed E-state index contributed by atoms with van der Waals surface area (Å²) in [6, 6.07) is 12.7. The van der Waals surface area contributed by atoms with Gasteiger partial charge < -0.3 is 24.2 Å². The maximum atomic E-state index is 13.5. The lowest BCUT2D eigenvalue weighted by molar-refractivity contribution is -0.144. The van der Waals surface area contributed by atoms with Gasteiger partial charge in [-0.05, 0) is 48.2 Å². The number of ether oxygens (including phenoxy) is 3. The van der Waals surface area contributed by atoms with E-state index >= 15 is 0 Å². The molecule has 2 aromatic carbocycles. The molecule has 0 aromatic heterocycles. The number of hydrogen-bond donors (Lipinski definition) is 1. The Morgan fingerprint density at radius 1 is 1.00 bits per heavy atom. The van der Waals surface area contributed by atoms with Crippen LogP contribution >= 0.6 is 0 Å². The van der Waals surface area contributed by atoms with Gasteiger partial charge in [0, 0.05) is 31.6 Å². The second-order valence-corrected chi connectivity index (χ2v) is 9.82. The van der Waals surface area contributed by atoms with Gasteiger partial charge in [0.15, 0.2) is 11.5 Å². The molecule has 2 aliphatic heterocycles. The van der Waals surface area contributed by atoms with E-state index in [1.165, 1.54) is 0 Å². The van der Waals surface area contributed by atoms with Crippen molar-refractivity contribution in [3.63, 3.8) is 0 Å². The topological polar surface area (TPSA) is 88.5 Å². The Balaban J connectivity index is 1.67. The van der Waals surface area contributed by atoms with Gasteiger partial charge in [-0.2, -0.15) is 0 Å². The van der Waals surface area contributed by atoms with E-state index in [0.29, 0.717) is 23.8 Å². The van der Waals surface area contributed by atoms with Crippen molar-refractivity contribution in [1.82, 2.24) is 9.80 Å². The molecule has 2 aromatic rings. The van der Waals surface area contributed by atoms with Crippen molar-refractivity contribution in [2.24, 2.45) is 5.92 Å². The number of carbonyl (C=O) groups excluding carboxylic acids is 1. The largest absolute Gasteiger partial charge is 0.497 e. The lowest BCUT2D eigenvalue weighted by Crippen LogP contribution is -2.42. The van der Waals surface area contributed by atoms with Gasteiger partial charge in [-0.1, -0.05) is 44.9 Å². The van der Waals surface area contributed by atoms with E-state index in [-0.39, 0.29) is 25.2 Å². The van der Waals surface area contributed by atoms with Crippen LogP contribution < -0.4 is 14.2 Å². The van der Waals surface area contributed by atoms with Crippen molar-refractivity contribution >= 4 is 11.9 Å². The van der Waals surface area contributed by atoms with Gasteiger partial charge in [-0.25, -0.2) is 0 Å². The van der Waals surface area contributed by atoms with Crippen LogP contribution in [0.5, 0.6) is 17.2 Å². The Morgan fingerprint density at radius 2 is 1.65 bits per heavy atom. The van der Waals surface area contributed by atoms with Gasteiger partial charge in [0.1, 0.15) is 5.75 Å². The molecule has 3 atom stereocenters. The summed E-state index contributed by atoms with van der Waals surface area (Å²) in [5, 5.41) is 10.5. The van der Waals surface area contributed by atoms with Gasteiger partial charge in [-0.15, -0.1) is 0 Å². The number of fused-ring (bicyclic) bond motifs is 1. The number of carboxylic acids is 1. The Kier molecular flexibility index (Phi) is 8.92. The van der Waals surface area contributed by atoms with Crippen LogP contribution in [0, 0.1) is 5.92 Å². The minimum absolute atomic E-state index is 0.0517. The van der Waals surface area contributed by atoms with Crippen molar-refractivity contribution in [2.75, 3.05) is 40.1 Å². The third kappa shape index (κ3) is 6.01. The maximum absolute atomic E-state index is 13.5. The van der Waals surface area contributed by atoms with Crippen molar-refractivity contribution in [1.29, 1.82) is 0 Å². The van der Waals surface area contributed by atoms with E-state index in [1.54, 1.807) is 7.11 Å². The first-order valence-corrected chi connectivity index (χ1v) is 13.2. The summed E-state index contributed by atoms with van der Waals surface area (Å²) in [4.78, 5) is 30.3. The van der Waals surface area contributed by atoms with Crippen LogP contribution in [-0.4, -0.2) is 66.9 Å². The summed E-state index contributed by atoms with van der Waals surface area (Å²) < 4.78 is 16.3. The minimum Gasteiger partial charge on any atom is -0.497 e. The zero-order valence-corrected chi connectivity index (χ0v) is 22.0. The SMILES string of the molecule is CCCCN(CCCC)C(=O)CN1CC(c2ccc3c(c2)OCO3)[C@H](C(=O)O)[C@H]1c1ccc(OC)cc1. The number of benzene rings is 2. The fourth-order valence-electron chi connectivity index (χ4n) is 5.41. The number of carboxylic acid groups (broad SMARTS) is 1. The van der Waals surface area contributed by atoms with E-state index in [2.05, 4.69) is 13.8 Å². The molecule has 1 unspecified atom stereocenters. The van der Waals surface area contributed by atoms with Crippen LogP contribution in [0.25, 0.3) is 0 Å². The molecule has 0 radical (unpaired) electrons. The second kappa shape index (κ2) is 12.3. The predicted molar refractivity (Wildman–Crippen MR) is 140 cm³/mol. The molecule has 2 heterocycles. The third-order valence-electron chi connectivity index (χ3n) is 7.42. The molecule has 1 saturated heterocycles. The van der Waals surface area contributed by atoms with Crippen LogP contribution in [0.1, 0.15) is 62.6 Å². The normalized spacial score (nSPS) is 20.7. The second-order valence-electron chi connectivity index (χ2n) is 9.82. The number of nitrogens with zero attached hydrogens (tertiary/aromatic N) is 2. The van der Waals surface area contributed by atoms with Crippen molar-refractivity contribution in [3.05, 3.63) is 53.6 Å². The molecule has 8 nitrogen and oxygen atoms in total.